The molecule has 3 heteroatoms. The maximum absolute atomic E-state index is 10.7. The minimum absolute atomic E-state index is 0.0723. The lowest BCUT2D eigenvalue weighted by Gasteiger charge is -2.47. The van der Waals surface area contributed by atoms with Gasteiger partial charge in [0, 0.05) is 6.61 Å². The molecule has 0 aliphatic heterocycles. The number of aliphatic hydroxyl groups excluding tert-OH is 1. The third kappa shape index (κ3) is 3.96. The lowest BCUT2D eigenvalue weighted by Crippen LogP contribution is -2.45. The van der Waals surface area contributed by atoms with E-state index in [1.165, 1.54) is 32.1 Å². The predicted molar refractivity (Wildman–Crippen MR) is 96.5 cm³/mol. The van der Waals surface area contributed by atoms with E-state index in [0.717, 1.165) is 18.9 Å². The molecule has 0 aromatic carbocycles. The largest absolute Gasteiger partial charge is 0.417 e. The number of aliphatic hydroxyl groups is 1. The lowest BCUT2D eigenvalue weighted by atomic mass is 9.61. The van der Waals surface area contributed by atoms with Gasteiger partial charge in [-0.15, -0.1) is 0 Å². The molecule has 22 heavy (non-hydrogen) atoms. The zero-order valence-electron chi connectivity index (χ0n) is 15.7. The first-order chi connectivity index (χ1) is 10.1. The highest BCUT2D eigenvalue weighted by atomic mass is 28.4. The van der Waals surface area contributed by atoms with Gasteiger partial charge in [0.2, 0.25) is 0 Å². The monoisotopic (exact) mass is 326 g/mol. The highest BCUT2D eigenvalue weighted by Gasteiger charge is 2.43. The molecule has 0 radical (unpaired) electrons. The molecule has 2 aliphatic rings. The van der Waals surface area contributed by atoms with Crippen molar-refractivity contribution in [3.05, 3.63) is 0 Å². The molecule has 0 amide bonds. The van der Waals surface area contributed by atoms with Crippen molar-refractivity contribution in [2.45, 2.75) is 90.5 Å². The molecular weight excluding hydrogens is 288 g/mol. The van der Waals surface area contributed by atoms with Gasteiger partial charge in [0.05, 0.1) is 6.10 Å². The quantitative estimate of drug-likeness (QED) is 0.718. The van der Waals surface area contributed by atoms with E-state index in [2.05, 4.69) is 40.8 Å². The molecule has 130 valence electrons. The fourth-order valence-electron chi connectivity index (χ4n) is 4.35. The van der Waals surface area contributed by atoms with Crippen LogP contribution in [0, 0.1) is 23.7 Å². The first-order valence-corrected chi connectivity index (χ1v) is 12.4. The van der Waals surface area contributed by atoms with Crippen LogP contribution in [0.2, 0.25) is 18.1 Å². The minimum Gasteiger partial charge on any atom is -0.417 e. The van der Waals surface area contributed by atoms with Crippen LogP contribution in [-0.2, 0) is 4.43 Å². The smallest absolute Gasteiger partial charge is 0.191 e. The number of hydrogen-bond donors (Lipinski definition) is 1. The van der Waals surface area contributed by atoms with Crippen LogP contribution < -0.4 is 0 Å². The van der Waals surface area contributed by atoms with E-state index in [-0.39, 0.29) is 6.10 Å². The van der Waals surface area contributed by atoms with Crippen LogP contribution in [-0.4, -0.2) is 26.1 Å². The summed E-state index contributed by atoms with van der Waals surface area (Å²) in [6.07, 6.45) is 7.62. The summed E-state index contributed by atoms with van der Waals surface area (Å²) < 4.78 is 6.40. The Labute approximate surface area is 139 Å². The Hall–Kier alpha value is 0.137. The van der Waals surface area contributed by atoms with E-state index in [4.69, 9.17) is 4.43 Å². The van der Waals surface area contributed by atoms with Crippen molar-refractivity contribution in [3.63, 3.8) is 0 Å². The second kappa shape index (κ2) is 6.94. The van der Waals surface area contributed by atoms with E-state index in [9.17, 15) is 5.11 Å². The molecule has 0 spiro atoms. The third-order valence-corrected chi connectivity index (χ3v) is 11.5. The van der Waals surface area contributed by atoms with Crippen LogP contribution in [0.15, 0.2) is 0 Å². The van der Waals surface area contributed by atoms with Crippen molar-refractivity contribution in [1.29, 1.82) is 0 Å². The van der Waals surface area contributed by atoms with Gasteiger partial charge in [-0.05, 0) is 67.5 Å². The van der Waals surface area contributed by atoms with Crippen LogP contribution in [0.25, 0.3) is 0 Å². The van der Waals surface area contributed by atoms with Gasteiger partial charge in [-0.2, -0.15) is 0 Å². The Bertz CT molecular complexity index is 359. The number of fused-ring (bicyclic) bond motifs is 1. The summed E-state index contributed by atoms with van der Waals surface area (Å²) >= 11 is 0. The maximum atomic E-state index is 10.7. The molecule has 0 unspecified atom stereocenters. The summed E-state index contributed by atoms with van der Waals surface area (Å²) in [6, 6.07) is 0. The number of rotatable bonds is 4. The zero-order valence-corrected chi connectivity index (χ0v) is 16.7. The average Bonchev–Trinajstić information content (AvgIpc) is 2.41. The Morgan fingerprint density at radius 1 is 1.09 bits per heavy atom. The van der Waals surface area contributed by atoms with E-state index < -0.39 is 8.32 Å². The van der Waals surface area contributed by atoms with E-state index in [1.807, 2.05) is 0 Å². The molecule has 0 saturated heterocycles. The number of hydrogen-bond acceptors (Lipinski definition) is 2. The molecule has 0 heterocycles. The standard InChI is InChI=1S/C19H38O2Si/c1-14-10-11-15-8-7-9-16(17(15)18(14)20)12-13-21-22(5,6)19(2,3)4/h14-18,20H,7-13H2,1-6H3/t14-,15+,16-,17+,18-/m0/s1. The molecule has 5 atom stereocenters. The molecule has 1 N–H and O–H groups in total. The van der Waals surface area contributed by atoms with Crippen LogP contribution >= 0.6 is 0 Å². The van der Waals surface area contributed by atoms with Crippen LogP contribution in [0.1, 0.15) is 66.2 Å². The van der Waals surface area contributed by atoms with Gasteiger partial charge in [0.25, 0.3) is 0 Å². The summed E-state index contributed by atoms with van der Waals surface area (Å²) in [5.41, 5.74) is 0. The van der Waals surface area contributed by atoms with E-state index in [1.54, 1.807) is 0 Å². The highest BCUT2D eigenvalue weighted by molar-refractivity contribution is 6.74. The molecule has 0 aromatic rings. The fourth-order valence-corrected chi connectivity index (χ4v) is 5.41. The predicted octanol–water partition coefficient (Wildman–Crippen LogP) is 5.22. The van der Waals surface area contributed by atoms with Gasteiger partial charge in [-0.3, -0.25) is 0 Å². The van der Waals surface area contributed by atoms with Crippen molar-refractivity contribution >= 4 is 8.32 Å². The Balaban J connectivity index is 1.91. The third-order valence-electron chi connectivity index (χ3n) is 6.97. The molecule has 2 rings (SSSR count). The normalized spacial score (nSPS) is 37.0. The van der Waals surface area contributed by atoms with Gasteiger partial charge in [-0.25, -0.2) is 0 Å². The highest BCUT2D eigenvalue weighted by Crippen LogP contribution is 2.47. The SMILES string of the molecule is C[C@H]1CC[C@H]2CCC[C@@H](CCO[Si](C)(C)C(C)(C)C)[C@@H]2[C@H]1O. The molecular formula is C19H38O2Si. The molecule has 2 saturated carbocycles. The Kier molecular flexibility index (Phi) is 5.83. The van der Waals surface area contributed by atoms with Crippen molar-refractivity contribution in [3.8, 4) is 0 Å². The molecule has 2 fully saturated rings. The van der Waals surface area contributed by atoms with Crippen LogP contribution in [0.5, 0.6) is 0 Å². The second-order valence-electron chi connectivity index (χ2n) is 9.47. The molecule has 0 bridgehead atoms. The molecule has 2 nitrogen and oxygen atoms in total. The average molecular weight is 327 g/mol. The van der Waals surface area contributed by atoms with Crippen molar-refractivity contribution in [2.75, 3.05) is 6.61 Å². The van der Waals surface area contributed by atoms with Gasteiger partial charge >= 0.3 is 0 Å². The van der Waals surface area contributed by atoms with Crippen molar-refractivity contribution < 1.29 is 9.53 Å². The first kappa shape index (κ1) is 18.5. The molecule has 2 aliphatic carbocycles. The summed E-state index contributed by atoms with van der Waals surface area (Å²) in [4.78, 5) is 0. The van der Waals surface area contributed by atoms with E-state index in [0.29, 0.717) is 22.8 Å². The summed E-state index contributed by atoms with van der Waals surface area (Å²) in [5.74, 6) is 2.49. The molecule has 0 aromatic heterocycles. The fraction of sp³-hybridized carbons (Fsp3) is 1.00. The summed E-state index contributed by atoms with van der Waals surface area (Å²) in [7, 11) is -1.63. The first-order valence-electron chi connectivity index (χ1n) is 9.45. The van der Waals surface area contributed by atoms with Gasteiger partial charge in [0.15, 0.2) is 8.32 Å². The Morgan fingerprint density at radius 2 is 1.77 bits per heavy atom. The summed E-state index contributed by atoms with van der Waals surface area (Å²) in [6.45, 7) is 14.7. The second-order valence-corrected chi connectivity index (χ2v) is 14.3. The Morgan fingerprint density at radius 3 is 2.41 bits per heavy atom. The lowest BCUT2D eigenvalue weighted by molar-refractivity contribution is -0.0594. The maximum Gasteiger partial charge on any atom is 0.191 e. The van der Waals surface area contributed by atoms with Crippen molar-refractivity contribution in [2.24, 2.45) is 23.7 Å². The van der Waals surface area contributed by atoms with Crippen LogP contribution in [0.3, 0.4) is 0 Å². The zero-order chi connectivity index (χ0) is 16.5. The van der Waals surface area contributed by atoms with Crippen molar-refractivity contribution in [1.82, 2.24) is 0 Å². The van der Waals surface area contributed by atoms with Gasteiger partial charge in [-0.1, -0.05) is 40.5 Å². The van der Waals surface area contributed by atoms with Crippen LogP contribution in [0.4, 0.5) is 0 Å². The summed E-state index contributed by atoms with van der Waals surface area (Å²) in [5, 5.41) is 11.0. The minimum atomic E-state index is -1.63. The van der Waals surface area contributed by atoms with Gasteiger partial charge in [0.1, 0.15) is 0 Å². The topological polar surface area (TPSA) is 29.5 Å². The van der Waals surface area contributed by atoms with E-state index >= 15 is 0 Å². The van der Waals surface area contributed by atoms with Gasteiger partial charge < -0.3 is 9.53 Å².